The van der Waals surface area contributed by atoms with Crippen LogP contribution in [0.2, 0.25) is 0 Å². The van der Waals surface area contributed by atoms with Gasteiger partial charge in [0.2, 0.25) is 0 Å². The van der Waals surface area contributed by atoms with E-state index in [4.69, 9.17) is 4.74 Å². The van der Waals surface area contributed by atoms with Gasteiger partial charge in [0.15, 0.2) is 0 Å². The van der Waals surface area contributed by atoms with E-state index in [-0.39, 0.29) is 0 Å². The first-order chi connectivity index (χ1) is 10.3. The molecule has 0 spiro atoms. The third-order valence-electron chi connectivity index (χ3n) is 3.89. The zero-order valence-corrected chi connectivity index (χ0v) is 11.8. The lowest BCUT2D eigenvalue weighted by Gasteiger charge is -2.01. The van der Waals surface area contributed by atoms with E-state index in [1.807, 2.05) is 6.07 Å². The Morgan fingerprint density at radius 1 is 0.762 bits per heavy atom. The minimum absolute atomic E-state index is 0.881. The van der Waals surface area contributed by atoms with Gasteiger partial charge >= 0.3 is 0 Å². The Labute approximate surface area is 123 Å². The quantitative estimate of drug-likeness (QED) is 0.546. The largest absolute Gasteiger partial charge is 0.497 e. The van der Waals surface area contributed by atoms with Gasteiger partial charge in [0.25, 0.3) is 0 Å². The van der Waals surface area contributed by atoms with Gasteiger partial charge in [0.05, 0.1) is 7.11 Å². The fraction of sp³-hybridized carbons (Fsp3) is 0.0526. The Morgan fingerprint density at radius 2 is 1.62 bits per heavy atom. The van der Waals surface area contributed by atoms with Crippen LogP contribution >= 0.6 is 0 Å². The Kier molecular flexibility index (Phi) is 2.68. The Bertz CT molecular complexity index is 937. The molecule has 0 aliphatic rings. The molecule has 1 N–H and O–H groups in total. The molecule has 0 aliphatic carbocycles. The molecule has 0 atom stereocenters. The van der Waals surface area contributed by atoms with E-state index in [0.29, 0.717) is 0 Å². The number of hydrogen-bond donors (Lipinski definition) is 1. The first kappa shape index (κ1) is 12.0. The highest BCUT2D eigenvalue weighted by Gasteiger charge is 2.05. The van der Waals surface area contributed by atoms with Gasteiger partial charge in [0.1, 0.15) is 5.75 Å². The van der Waals surface area contributed by atoms with Gasteiger partial charge in [-0.15, -0.1) is 0 Å². The molecular formula is C19H15NO. The summed E-state index contributed by atoms with van der Waals surface area (Å²) in [5, 5.41) is 3.68. The predicted molar refractivity (Wildman–Crippen MR) is 87.8 cm³/mol. The molecule has 3 aromatic carbocycles. The first-order valence-corrected chi connectivity index (χ1v) is 6.99. The van der Waals surface area contributed by atoms with Crippen LogP contribution in [0, 0.1) is 0 Å². The number of aromatic amines is 1. The lowest BCUT2D eigenvalue weighted by molar-refractivity contribution is 0.415. The molecule has 21 heavy (non-hydrogen) atoms. The maximum Gasteiger partial charge on any atom is 0.119 e. The summed E-state index contributed by atoms with van der Waals surface area (Å²) in [6.07, 6.45) is 0. The SMILES string of the molecule is COc1ccc2[nH]c(-c3ccc4ccccc4c3)cc2c1. The molecule has 4 rings (SSSR count). The minimum atomic E-state index is 0.881. The summed E-state index contributed by atoms with van der Waals surface area (Å²) in [7, 11) is 1.69. The highest BCUT2D eigenvalue weighted by molar-refractivity contribution is 5.91. The number of hydrogen-bond acceptors (Lipinski definition) is 1. The molecule has 0 fully saturated rings. The van der Waals surface area contributed by atoms with Crippen molar-refractivity contribution in [2.24, 2.45) is 0 Å². The number of ether oxygens (including phenoxy) is 1. The fourth-order valence-corrected chi connectivity index (χ4v) is 2.75. The van der Waals surface area contributed by atoms with E-state index < -0.39 is 0 Å². The third kappa shape index (κ3) is 2.05. The van der Waals surface area contributed by atoms with E-state index in [0.717, 1.165) is 22.3 Å². The van der Waals surface area contributed by atoms with Crippen LogP contribution in [-0.2, 0) is 0 Å². The van der Waals surface area contributed by atoms with Crippen LogP contribution < -0.4 is 4.74 Å². The molecule has 1 heterocycles. The number of aromatic nitrogens is 1. The molecule has 4 aromatic rings. The Balaban J connectivity index is 1.87. The highest BCUT2D eigenvalue weighted by Crippen LogP contribution is 2.28. The molecule has 0 saturated heterocycles. The van der Waals surface area contributed by atoms with E-state index in [2.05, 4.69) is 65.6 Å². The first-order valence-electron chi connectivity index (χ1n) is 6.99. The molecule has 0 radical (unpaired) electrons. The van der Waals surface area contributed by atoms with Gasteiger partial charge in [-0.3, -0.25) is 0 Å². The molecule has 0 unspecified atom stereocenters. The van der Waals surface area contributed by atoms with Crippen LogP contribution in [0.25, 0.3) is 32.9 Å². The average Bonchev–Trinajstić information content (AvgIpc) is 2.97. The van der Waals surface area contributed by atoms with Crippen molar-refractivity contribution in [2.45, 2.75) is 0 Å². The number of methoxy groups -OCH3 is 1. The van der Waals surface area contributed by atoms with Crippen LogP contribution in [0.15, 0.2) is 66.7 Å². The smallest absolute Gasteiger partial charge is 0.119 e. The lowest BCUT2D eigenvalue weighted by Crippen LogP contribution is -1.80. The molecule has 0 bridgehead atoms. The summed E-state index contributed by atoms with van der Waals surface area (Å²) in [5.74, 6) is 0.881. The van der Waals surface area contributed by atoms with E-state index in [1.165, 1.54) is 16.3 Å². The van der Waals surface area contributed by atoms with Gasteiger partial charge in [-0.1, -0.05) is 36.4 Å². The topological polar surface area (TPSA) is 25.0 Å². The number of fused-ring (bicyclic) bond motifs is 2. The van der Waals surface area contributed by atoms with Crippen molar-refractivity contribution in [3.8, 4) is 17.0 Å². The van der Waals surface area contributed by atoms with Crippen LogP contribution in [0.5, 0.6) is 5.75 Å². The zero-order valence-electron chi connectivity index (χ0n) is 11.8. The number of nitrogens with one attached hydrogen (secondary N) is 1. The number of benzene rings is 3. The average molecular weight is 273 g/mol. The number of H-pyrrole nitrogens is 1. The van der Waals surface area contributed by atoms with Gasteiger partial charge < -0.3 is 9.72 Å². The van der Waals surface area contributed by atoms with Gasteiger partial charge in [-0.2, -0.15) is 0 Å². The summed E-state index contributed by atoms with van der Waals surface area (Å²) in [6.45, 7) is 0. The predicted octanol–water partition coefficient (Wildman–Crippen LogP) is 5.00. The Morgan fingerprint density at radius 3 is 2.48 bits per heavy atom. The summed E-state index contributed by atoms with van der Waals surface area (Å²) in [6, 6.07) is 23.2. The molecule has 102 valence electrons. The normalized spacial score (nSPS) is 11.1. The second kappa shape index (κ2) is 4.67. The number of rotatable bonds is 2. The van der Waals surface area contributed by atoms with Crippen LogP contribution in [0.1, 0.15) is 0 Å². The van der Waals surface area contributed by atoms with E-state index >= 15 is 0 Å². The van der Waals surface area contributed by atoms with Crippen molar-refractivity contribution in [3.63, 3.8) is 0 Å². The summed E-state index contributed by atoms with van der Waals surface area (Å²) in [4.78, 5) is 3.47. The van der Waals surface area contributed by atoms with Gasteiger partial charge in [0, 0.05) is 16.6 Å². The summed E-state index contributed by atoms with van der Waals surface area (Å²) < 4.78 is 5.28. The zero-order chi connectivity index (χ0) is 14.2. The summed E-state index contributed by atoms with van der Waals surface area (Å²) >= 11 is 0. The van der Waals surface area contributed by atoms with Crippen molar-refractivity contribution in [2.75, 3.05) is 7.11 Å². The summed E-state index contributed by atoms with van der Waals surface area (Å²) in [5.41, 5.74) is 3.45. The van der Waals surface area contributed by atoms with E-state index in [1.54, 1.807) is 7.11 Å². The lowest BCUT2D eigenvalue weighted by atomic mass is 10.1. The molecule has 0 saturated carbocycles. The van der Waals surface area contributed by atoms with Crippen molar-refractivity contribution in [3.05, 3.63) is 66.7 Å². The Hall–Kier alpha value is -2.74. The molecule has 1 aromatic heterocycles. The third-order valence-corrected chi connectivity index (χ3v) is 3.89. The van der Waals surface area contributed by atoms with Crippen molar-refractivity contribution in [1.29, 1.82) is 0 Å². The molecule has 0 amide bonds. The molecule has 0 aliphatic heterocycles. The van der Waals surface area contributed by atoms with Gasteiger partial charge in [-0.25, -0.2) is 0 Å². The molecule has 2 heteroatoms. The van der Waals surface area contributed by atoms with Crippen molar-refractivity contribution >= 4 is 21.7 Å². The van der Waals surface area contributed by atoms with E-state index in [9.17, 15) is 0 Å². The second-order valence-electron chi connectivity index (χ2n) is 5.20. The highest BCUT2D eigenvalue weighted by atomic mass is 16.5. The molecular weight excluding hydrogens is 258 g/mol. The maximum absolute atomic E-state index is 5.28. The molecule has 2 nitrogen and oxygen atoms in total. The van der Waals surface area contributed by atoms with Crippen LogP contribution in [0.4, 0.5) is 0 Å². The van der Waals surface area contributed by atoms with Gasteiger partial charge in [-0.05, 0) is 46.7 Å². The monoisotopic (exact) mass is 273 g/mol. The van der Waals surface area contributed by atoms with Crippen LogP contribution in [-0.4, -0.2) is 12.1 Å². The second-order valence-corrected chi connectivity index (χ2v) is 5.20. The minimum Gasteiger partial charge on any atom is -0.497 e. The fourth-order valence-electron chi connectivity index (χ4n) is 2.75. The maximum atomic E-state index is 5.28. The van der Waals surface area contributed by atoms with Crippen LogP contribution in [0.3, 0.4) is 0 Å². The van der Waals surface area contributed by atoms with Crippen molar-refractivity contribution in [1.82, 2.24) is 4.98 Å². The van der Waals surface area contributed by atoms with Crippen molar-refractivity contribution < 1.29 is 4.74 Å². The standard InChI is InChI=1S/C19H15NO/c1-21-17-8-9-18-16(11-17)12-19(20-18)15-7-6-13-4-2-3-5-14(13)10-15/h2-12,20H,1H3.